The van der Waals surface area contributed by atoms with Gasteiger partial charge in [0.25, 0.3) is 0 Å². The molecular formula is C13H12BrFN2. The van der Waals surface area contributed by atoms with Crippen LogP contribution in [-0.2, 0) is 0 Å². The molecule has 17 heavy (non-hydrogen) atoms. The molecule has 0 heterocycles. The van der Waals surface area contributed by atoms with Gasteiger partial charge in [0.05, 0.1) is 5.69 Å². The summed E-state index contributed by atoms with van der Waals surface area (Å²) in [6.07, 6.45) is 0. The molecular weight excluding hydrogens is 283 g/mol. The Morgan fingerprint density at radius 2 is 2.00 bits per heavy atom. The highest BCUT2D eigenvalue weighted by Gasteiger charge is 2.07. The molecule has 2 aromatic rings. The van der Waals surface area contributed by atoms with Gasteiger partial charge in [-0.15, -0.1) is 0 Å². The van der Waals surface area contributed by atoms with Crippen LogP contribution in [0, 0.1) is 12.7 Å². The third kappa shape index (κ3) is 2.58. The topological polar surface area (TPSA) is 38.0 Å². The second-order valence-corrected chi connectivity index (χ2v) is 4.65. The summed E-state index contributed by atoms with van der Waals surface area (Å²) in [6, 6.07) is 10.3. The smallest absolute Gasteiger partial charge is 0.147 e. The molecule has 0 atom stereocenters. The van der Waals surface area contributed by atoms with Crippen LogP contribution in [0.5, 0.6) is 0 Å². The quantitative estimate of drug-likeness (QED) is 0.814. The van der Waals surface area contributed by atoms with Crippen molar-refractivity contribution < 1.29 is 4.39 Å². The van der Waals surface area contributed by atoms with Crippen LogP contribution in [0.1, 0.15) is 5.56 Å². The maximum absolute atomic E-state index is 13.6. The Bertz CT molecular complexity index is 535. The molecule has 88 valence electrons. The number of anilines is 3. The zero-order valence-electron chi connectivity index (χ0n) is 9.30. The summed E-state index contributed by atoms with van der Waals surface area (Å²) in [7, 11) is 0. The van der Waals surface area contributed by atoms with Crippen LogP contribution >= 0.6 is 15.9 Å². The molecule has 0 aromatic heterocycles. The Balaban J connectivity index is 2.38. The number of hydrogen-bond donors (Lipinski definition) is 2. The van der Waals surface area contributed by atoms with E-state index in [1.54, 1.807) is 18.2 Å². The fourth-order valence-electron chi connectivity index (χ4n) is 1.58. The van der Waals surface area contributed by atoms with Crippen LogP contribution < -0.4 is 11.1 Å². The number of halogens is 2. The molecule has 4 heteroatoms. The average molecular weight is 295 g/mol. The van der Waals surface area contributed by atoms with Crippen LogP contribution in [0.25, 0.3) is 0 Å². The number of rotatable bonds is 2. The van der Waals surface area contributed by atoms with E-state index in [0.717, 1.165) is 11.3 Å². The Hall–Kier alpha value is -1.55. The molecule has 0 unspecified atom stereocenters. The van der Waals surface area contributed by atoms with Crippen molar-refractivity contribution in [3.8, 4) is 0 Å². The van der Waals surface area contributed by atoms with Gasteiger partial charge in [-0.2, -0.15) is 0 Å². The van der Waals surface area contributed by atoms with Crippen LogP contribution in [0.4, 0.5) is 21.5 Å². The monoisotopic (exact) mass is 294 g/mol. The maximum Gasteiger partial charge on any atom is 0.147 e. The van der Waals surface area contributed by atoms with Gasteiger partial charge in [0.1, 0.15) is 5.82 Å². The fourth-order valence-corrected chi connectivity index (χ4v) is 2.02. The molecule has 3 N–H and O–H groups in total. The molecule has 0 amide bonds. The van der Waals surface area contributed by atoms with E-state index >= 15 is 0 Å². The van der Waals surface area contributed by atoms with Crippen molar-refractivity contribution in [1.29, 1.82) is 0 Å². The number of aryl methyl sites for hydroxylation is 1. The van der Waals surface area contributed by atoms with E-state index in [1.807, 2.05) is 19.1 Å². The van der Waals surface area contributed by atoms with Gasteiger partial charge in [0.15, 0.2) is 0 Å². The molecule has 0 fully saturated rings. The van der Waals surface area contributed by atoms with Gasteiger partial charge < -0.3 is 11.1 Å². The number of nitrogens with two attached hydrogens (primary N) is 1. The van der Waals surface area contributed by atoms with E-state index in [-0.39, 0.29) is 5.82 Å². The summed E-state index contributed by atoms with van der Waals surface area (Å²) < 4.78 is 14.3. The Morgan fingerprint density at radius 1 is 1.24 bits per heavy atom. The zero-order chi connectivity index (χ0) is 12.4. The Morgan fingerprint density at radius 3 is 2.65 bits per heavy atom. The van der Waals surface area contributed by atoms with E-state index in [1.165, 1.54) is 6.07 Å². The van der Waals surface area contributed by atoms with Gasteiger partial charge in [0.2, 0.25) is 0 Å². The molecule has 0 radical (unpaired) electrons. The summed E-state index contributed by atoms with van der Waals surface area (Å²) in [6.45, 7) is 1.92. The number of nitrogen functional groups attached to an aromatic ring is 1. The summed E-state index contributed by atoms with van der Waals surface area (Å²) in [5, 5.41) is 3.06. The molecule has 0 aliphatic carbocycles. The van der Waals surface area contributed by atoms with Crippen molar-refractivity contribution in [3.05, 3.63) is 52.3 Å². The van der Waals surface area contributed by atoms with Gasteiger partial charge in [-0.3, -0.25) is 0 Å². The van der Waals surface area contributed by atoms with Crippen molar-refractivity contribution in [2.45, 2.75) is 6.92 Å². The fraction of sp³-hybridized carbons (Fsp3) is 0.0769. The molecule has 2 rings (SSSR count). The molecule has 0 bridgehead atoms. The molecule has 2 nitrogen and oxygen atoms in total. The van der Waals surface area contributed by atoms with Crippen molar-refractivity contribution in [2.24, 2.45) is 0 Å². The second kappa shape index (κ2) is 4.75. The third-order valence-corrected chi connectivity index (χ3v) is 3.13. The molecule has 0 spiro atoms. The molecule has 2 aromatic carbocycles. The van der Waals surface area contributed by atoms with Crippen molar-refractivity contribution >= 4 is 33.0 Å². The first kappa shape index (κ1) is 11.9. The third-order valence-electron chi connectivity index (χ3n) is 2.47. The summed E-state index contributed by atoms with van der Waals surface area (Å²) in [5.41, 5.74) is 8.61. The second-order valence-electron chi connectivity index (χ2n) is 3.80. The van der Waals surface area contributed by atoms with E-state index in [4.69, 9.17) is 5.73 Å². The molecule has 0 aliphatic rings. The SMILES string of the molecule is Cc1cc(N)ccc1Nc1c(F)cccc1Br. The van der Waals surface area contributed by atoms with Crippen LogP contribution in [-0.4, -0.2) is 0 Å². The summed E-state index contributed by atoms with van der Waals surface area (Å²) in [5.74, 6) is -0.296. The van der Waals surface area contributed by atoms with Crippen LogP contribution in [0.3, 0.4) is 0 Å². The summed E-state index contributed by atoms with van der Waals surface area (Å²) in [4.78, 5) is 0. The van der Waals surface area contributed by atoms with Crippen molar-refractivity contribution in [3.63, 3.8) is 0 Å². The average Bonchev–Trinajstić information content (AvgIpc) is 2.26. The molecule has 0 saturated heterocycles. The lowest BCUT2D eigenvalue weighted by Gasteiger charge is -2.12. The van der Waals surface area contributed by atoms with E-state index in [9.17, 15) is 4.39 Å². The van der Waals surface area contributed by atoms with Crippen molar-refractivity contribution in [1.82, 2.24) is 0 Å². The van der Waals surface area contributed by atoms with Gasteiger partial charge >= 0.3 is 0 Å². The van der Waals surface area contributed by atoms with E-state index < -0.39 is 0 Å². The van der Waals surface area contributed by atoms with E-state index in [2.05, 4.69) is 21.2 Å². The largest absolute Gasteiger partial charge is 0.399 e. The molecule has 0 saturated carbocycles. The summed E-state index contributed by atoms with van der Waals surface area (Å²) >= 11 is 3.32. The van der Waals surface area contributed by atoms with Gasteiger partial charge in [-0.05, 0) is 58.7 Å². The van der Waals surface area contributed by atoms with Crippen LogP contribution in [0.15, 0.2) is 40.9 Å². The highest BCUT2D eigenvalue weighted by molar-refractivity contribution is 9.10. The minimum atomic E-state index is -0.296. The number of benzene rings is 2. The lowest BCUT2D eigenvalue weighted by molar-refractivity contribution is 0.631. The zero-order valence-corrected chi connectivity index (χ0v) is 10.9. The van der Waals surface area contributed by atoms with Gasteiger partial charge in [0, 0.05) is 15.8 Å². The molecule has 0 aliphatic heterocycles. The predicted molar refractivity (Wildman–Crippen MR) is 73.0 cm³/mol. The Kier molecular flexibility index (Phi) is 3.33. The first-order chi connectivity index (χ1) is 8.08. The highest BCUT2D eigenvalue weighted by Crippen LogP contribution is 2.30. The first-order valence-corrected chi connectivity index (χ1v) is 5.94. The lowest BCUT2D eigenvalue weighted by atomic mass is 10.1. The predicted octanol–water partition coefficient (Wildman–Crippen LogP) is 4.22. The normalized spacial score (nSPS) is 10.3. The first-order valence-electron chi connectivity index (χ1n) is 5.15. The van der Waals surface area contributed by atoms with E-state index in [0.29, 0.717) is 15.8 Å². The number of hydrogen-bond acceptors (Lipinski definition) is 2. The standard InChI is InChI=1S/C13H12BrFN2/c1-8-7-9(16)5-6-12(8)17-13-10(14)3-2-4-11(13)15/h2-7,17H,16H2,1H3. The van der Waals surface area contributed by atoms with Crippen molar-refractivity contribution in [2.75, 3.05) is 11.1 Å². The van der Waals surface area contributed by atoms with Gasteiger partial charge in [-0.25, -0.2) is 4.39 Å². The minimum Gasteiger partial charge on any atom is -0.399 e. The van der Waals surface area contributed by atoms with Gasteiger partial charge in [-0.1, -0.05) is 6.07 Å². The number of para-hydroxylation sites is 1. The maximum atomic E-state index is 13.6. The highest BCUT2D eigenvalue weighted by atomic mass is 79.9. The lowest BCUT2D eigenvalue weighted by Crippen LogP contribution is -1.97. The van der Waals surface area contributed by atoms with Crippen LogP contribution in [0.2, 0.25) is 0 Å². The number of nitrogens with one attached hydrogen (secondary N) is 1. The Labute approximate surface area is 108 Å². The minimum absolute atomic E-state index is 0.296.